The van der Waals surface area contributed by atoms with Gasteiger partial charge in [-0.15, -0.1) is 0 Å². The number of hydrogen-bond acceptors (Lipinski definition) is 4. The van der Waals surface area contributed by atoms with E-state index in [9.17, 15) is 14.3 Å². The molecule has 0 aliphatic carbocycles. The van der Waals surface area contributed by atoms with Crippen LogP contribution in [0, 0.1) is 19.7 Å². The van der Waals surface area contributed by atoms with Gasteiger partial charge in [-0.2, -0.15) is 0 Å². The van der Waals surface area contributed by atoms with E-state index in [0.717, 1.165) is 17.7 Å². The molecule has 0 spiro atoms. The summed E-state index contributed by atoms with van der Waals surface area (Å²) in [5.41, 5.74) is 1.89. The van der Waals surface area contributed by atoms with Crippen LogP contribution in [0.5, 0.6) is 5.75 Å². The highest BCUT2D eigenvalue weighted by Gasteiger charge is 2.31. The Morgan fingerprint density at radius 1 is 1.20 bits per heavy atom. The highest BCUT2D eigenvalue weighted by molar-refractivity contribution is 6.31. The van der Waals surface area contributed by atoms with E-state index in [2.05, 4.69) is 5.32 Å². The summed E-state index contributed by atoms with van der Waals surface area (Å²) >= 11 is 5.76. The van der Waals surface area contributed by atoms with Crippen molar-refractivity contribution in [2.24, 2.45) is 0 Å². The first kappa shape index (κ1) is 22.5. The lowest BCUT2D eigenvalue weighted by Gasteiger charge is -2.27. The normalized spacial score (nSPS) is 19.9. The monoisotopic (exact) mass is 434 g/mol. The highest BCUT2D eigenvalue weighted by Crippen LogP contribution is 2.25. The first-order valence-electron chi connectivity index (χ1n) is 10.1. The van der Waals surface area contributed by atoms with Gasteiger partial charge in [-0.25, -0.2) is 4.39 Å². The van der Waals surface area contributed by atoms with Crippen LogP contribution in [0.25, 0.3) is 0 Å². The van der Waals surface area contributed by atoms with Crippen molar-refractivity contribution < 1.29 is 19.0 Å². The Morgan fingerprint density at radius 3 is 2.73 bits per heavy atom. The maximum absolute atomic E-state index is 13.2. The third-order valence-corrected chi connectivity index (χ3v) is 5.86. The van der Waals surface area contributed by atoms with Crippen LogP contribution >= 0.6 is 11.6 Å². The van der Waals surface area contributed by atoms with Gasteiger partial charge in [-0.05, 0) is 81.1 Å². The summed E-state index contributed by atoms with van der Waals surface area (Å²) in [7, 11) is 0. The zero-order valence-electron chi connectivity index (χ0n) is 17.4. The molecule has 1 aliphatic heterocycles. The summed E-state index contributed by atoms with van der Waals surface area (Å²) < 4.78 is 19.1. The van der Waals surface area contributed by atoms with Crippen molar-refractivity contribution in [1.82, 2.24) is 4.90 Å². The molecule has 1 aliphatic rings. The molecule has 162 valence electrons. The molecule has 1 amide bonds. The number of halogens is 2. The lowest BCUT2D eigenvalue weighted by Crippen LogP contribution is -2.38. The third kappa shape index (κ3) is 6.17. The van der Waals surface area contributed by atoms with Gasteiger partial charge in [-0.1, -0.05) is 17.7 Å². The Balaban J connectivity index is 1.50. The number of rotatable bonds is 6. The smallest absolute Gasteiger partial charge is 0.238 e. The molecule has 0 aromatic heterocycles. The van der Waals surface area contributed by atoms with Crippen LogP contribution in [0.3, 0.4) is 0 Å². The largest absolute Gasteiger partial charge is 0.491 e. The maximum Gasteiger partial charge on any atom is 0.238 e. The number of anilines is 1. The Hall–Kier alpha value is -2.15. The molecule has 5 nitrogen and oxygen atoms in total. The van der Waals surface area contributed by atoms with Crippen LogP contribution in [-0.4, -0.2) is 47.8 Å². The quantitative estimate of drug-likeness (QED) is 0.710. The molecule has 2 aromatic rings. The molecule has 1 unspecified atom stereocenters. The highest BCUT2D eigenvalue weighted by atomic mass is 35.5. The zero-order valence-corrected chi connectivity index (χ0v) is 18.1. The van der Waals surface area contributed by atoms with E-state index in [-0.39, 0.29) is 24.1 Å². The molecule has 30 heavy (non-hydrogen) atoms. The minimum Gasteiger partial charge on any atom is -0.491 e. The number of ether oxygens (including phenoxy) is 1. The predicted molar refractivity (Wildman–Crippen MR) is 117 cm³/mol. The summed E-state index contributed by atoms with van der Waals surface area (Å²) in [5.74, 6) is 0.0314. The second-order valence-corrected chi connectivity index (χ2v) is 8.47. The third-order valence-electron chi connectivity index (χ3n) is 5.57. The van der Waals surface area contributed by atoms with Crippen molar-refractivity contribution in [1.29, 1.82) is 0 Å². The topological polar surface area (TPSA) is 61.8 Å². The van der Waals surface area contributed by atoms with Crippen molar-refractivity contribution in [2.45, 2.75) is 38.7 Å². The summed E-state index contributed by atoms with van der Waals surface area (Å²) in [6.45, 7) is 5.80. The number of hydrogen-bond donors (Lipinski definition) is 2. The number of aryl methyl sites for hydroxylation is 2. The van der Waals surface area contributed by atoms with E-state index in [1.54, 1.807) is 0 Å². The summed E-state index contributed by atoms with van der Waals surface area (Å²) in [6, 6.07) is 10.00. The van der Waals surface area contributed by atoms with Crippen molar-refractivity contribution in [3.63, 3.8) is 0 Å². The molecule has 1 heterocycles. The standard InChI is InChI=1S/C23H28ClFN2O3/c1-16-4-6-19(12-17(16)2)30-15-23(29)8-3-10-27(11-9-23)14-22(28)26-18-5-7-21(25)20(24)13-18/h4-7,12-13,29H,3,8-11,14-15H2,1-2H3,(H,26,28). The first-order chi connectivity index (χ1) is 14.2. The summed E-state index contributed by atoms with van der Waals surface area (Å²) in [5, 5.41) is 13.7. The van der Waals surface area contributed by atoms with Gasteiger partial charge in [0.1, 0.15) is 18.2 Å². The SMILES string of the molecule is Cc1ccc(OCC2(O)CCCN(CC(=O)Nc3ccc(F)c(Cl)c3)CC2)cc1C. The number of carbonyl (C=O) groups is 1. The maximum atomic E-state index is 13.2. The molecule has 0 saturated carbocycles. The number of likely N-dealkylation sites (tertiary alicyclic amines) is 1. The minimum atomic E-state index is -0.922. The molecule has 7 heteroatoms. The molecule has 1 saturated heterocycles. The molecule has 3 rings (SSSR count). The van der Waals surface area contributed by atoms with Crippen LogP contribution < -0.4 is 10.1 Å². The molecular formula is C23H28ClFN2O3. The van der Waals surface area contributed by atoms with E-state index < -0.39 is 11.4 Å². The number of amides is 1. The first-order valence-corrected chi connectivity index (χ1v) is 10.5. The van der Waals surface area contributed by atoms with E-state index in [1.165, 1.54) is 23.8 Å². The van der Waals surface area contributed by atoms with Crippen LogP contribution in [-0.2, 0) is 4.79 Å². The van der Waals surface area contributed by atoms with Crippen LogP contribution in [0.2, 0.25) is 5.02 Å². The lowest BCUT2D eigenvalue weighted by molar-refractivity contribution is -0.117. The molecule has 0 bridgehead atoms. The molecule has 1 atom stereocenters. The Bertz CT molecular complexity index is 908. The molecule has 2 aromatic carbocycles. The van der Waals surface area contributed by atoms with Crippen LogP contribution in [0.4, 0.5) is 10.1 Å². The van der Waals surface area contributed by atoms with Gasteiger partial charge in [0.2, 0.25) is 5.91 Å². The summed E-state index contributed by atoms with van der Waals surface area (Å²) in [4.78, 5) is 14.4. The number of benzene rings is 2. The molecule has 0 radical (unpaired) electrons. The van der Waals surface area contributed by atoms with Gasteiger partial charge < -0.3 is 15.2 Å². The van der Waals surface area contributed by atoms with Crippen molar-refractivity contribution >= 4 is 23.2 Å². The molecule has 1 fully saturated rings. The molecule has 2 N–H and O–H groups in total. The Labute approximate surface area is 181 Å². The van der Waals surface area contributed by atoms with Gasteiger partial charge in [0, 0.05) is 12.2 Å². The Kier molecular flexibility index (Phi) is 7.34. The van der Waals surface area contributed by atoms with Crippen LogP contribution in [0.1, 0.15) is 30.4 Å². The number of nitrogens with one attached hydrogen (secondary N) is 1. The summed E-state index contributed by atoms with van der Waals surface area (Å²) in [6.07, 6.45) is 1.90. The second kappa shape index (κ2) is 9.77. The molecular weight excluding hydrogens is 407 g/mol. The fourth-order valence-electron chi connectivity index (χ4n) is 3.54. The van der Waals surface area contributed by atoms with E-state index in [4.69, 9.17) is 16.3 Å². The van der Waals surface area contributed by atoms with E-state index in [1.807, 2.05) is 36.9 Å². The van der Waals surface area contributed by atoms with Crippen molar-refractivity contribution in [3.05, 3.63) is 58.4 Å². The zero-order chi connectivity index (χ0) is 21.7. The van der Waals surface area contributed by atoms with Gasteiger partial charge in [0.25, 0.3) is 0 Å². The number of aliphatic hydroxyl groups is 1. The lowest BCUT2D eigenvalue weighted by atomic mass is 9.96. The Morgan fingerprint density at radius 2 is 2.00 bits per heavy atom. The average molecular weight is 435 g/mol. The van der Waals surface area contributed by atoms with Crippen molar-refractivity contribution in [3.8, 4) is 5.75 Å². The van der Waals surface area contributed by atoms with Crippen LogP contribution in [0.15, 0.2) is 36.4 Å². The van der Waals surface area contributed by atoms with Gasteiger partial charge in [-0.3, -0.25) is 9.69 Å². The fraction of sp³-hybridized carbons (Fsp3) is 0.435. The minimum absolute atomic E-state index is 0.0311. The van der Waals surface area contributed by atoms with E-state index >= 15 is 0 Å². The average Bonchev–Trinajstić information content (AvgIpc) is 2.88. The predicted octanol–water partition coefficient (Wildman–Crippen LogP) is 4.33. The van der Waals surface area contributed by atoms with Gasteiger partial charge >= 0.3 is 0 Å². The van der Waals surface area contributed by atoms with Gasteiger partial charge in [0.15, 0.2) is 0 Å². The van der Waals surface area contributed by atoms with Crippen molar-refractivity contribution in [2.75, 3.05) is 31.6 Å². The van der Waals surface area contributed by atoms with E-state index in [0.29, 0.717) is 31.6 Å². The number of nitrogens with zero attached hydrogens (tertiary/aromatic N) is 1. The van der Waals surface area contributed by atoms with Gasteiger partial charge in [0.05, 0.1) is 17.2 Å². The second-order valence-electron chi connectivity index (χ2n) is 8.07. The number of carbonyl (C=O) groups excluding carboxylic acids is 1. The fourth-order valence-corrected chi connectivity index (χ4v) is 3.72.